The molecule has 2 heteroatoms. The van der Waals surface area contributed by atoms with E-state index in [4.69, 9.17) is 4.74 Å². The maximum absolute atomic E-state index is 5.47. The van der Waals surface area contributed by atoms with Crippen molar-refractivity contribution in [3.05, 3.63) is 30.3 Å². The van der Waals surface area contributed by atoms with Crippen molar-refractivity contribution in [3.63, 3.8) is 0 Å². The molecular weight excluding hydrogens is 174 g/mol. The molecule has 0 saturated heterocycles. The molecule has 1 aromatic rings. The van der Waals surface area contributed by atoms with Gasteiger partial charge in [0.15, 0.2) is 0 Å². The molecule has 0 atom stereocenters. The average Bonchev–Trinajstić information content (AvgIpc) is 2.18. The summed E-state index contributed by atoms with van der Waals surface area (Å²) in [6.07, 6.45) is 0. The summed E-state index contributed by atoms with van der Waals surface area (Å²) >= 11 is 0. The molecule has 0 aliphatic carbocycles. The van der Waals surface area contributed by atoms with Gasteiger partial charge in [-0.2, -0.15) is 0 Å². The number of hydrogen-bond acceptors (Lipinski definition) is 2. The maximum atomic E-state index is 5.47. The van der Waals surface area contributed by atoms with Gasteiger partial charge in [0.25, 0.3) is 0 Å². The molecule has 1 rings (SSSR count). The van der Waals surface area contributed by atoms with Crippen LogP contribution < -0.4 is 10.1 Å². The lowest BCUT2D eigenvalue weighted by Crippen LogP contribution is -1.98. The molecule has 0 bridgehead atoms. The summed E-state index contributed by atoms with van der Waals surface area (Å²) in [5, 5.41) is 3.11. The molecule has 0 aliphatic rings. The zero-order valence-corrected chi connectivity index (χ0v) is 9.05. The lowest BCUT2D eigenvalue weighted by atomic mass is 10.1. The Kier molecular flexibility index (Phi) is 3.57. The van der Waals surface area contributed by atoms with Gasteiger partial charge in [-0.25, -0.2) is 0 Å². The van der Waals surface area contributed by atoms with E-state index in [1.807, 2.05) is 39.1 Å². The van der Waals surface area contributed by atoms with Gasteiger partial charge in [0.2, 0.25) is 0 Å². The molecule has 0 heterocycles. The van der Waals surface area contributed by atoms with Crippen molar-refractivity contribution < 1.29 is 4.74 Å². The van der Waals surface area contributed by atoms with Crippen molar-refractivity contribution in [2.75, 3.05) is 19.0 Å². The highest BCUT2D eigenvalue weighted by Gasteiger charge is 2.03. The quantitative estimate of drug-likeness (QED) is 0.789. The Labute approximate surface area is 85.6 Å². The van der Waals surface area contributed by atoms with Crippen LogP contribution in [0.5, 0.6) is 5.75 Å². The van der Waals surface area contributed by atoms with E-state index in [0.717, 1.165) is 22.6 Å². The third-order valence-electron chi connectivity index (χ3n) is 2.04. The van der Waals surface area contributed by atoms with Gasteiger partial charge in [0.1, 0.15) is 5.75 Å². The second-order valence-electron chi connectivity index (χ2n) is 3.17. The van der Waals surface area contributed by atoms with Crippen LogP contribution in [-0.2, 0) is 0 Å². The van der Waals surface area contributed by atoms with Crippen LogP contribution in [0.2, 0.25) is 0 Å². The molecule has 2 nitrogen and oxygen atoms in total. The lowest BCUT2D eigenvalue weighted by molar-refractivity contribution is 0.342. The highest BCUT2D eigenvalue weighted by Crippen LogP contribution is 2.27. The van der Waals surface area contributed by atoms with Crippen LogP contribution in [0.25, 0.3) is 5.57 Å². The Hall–Kier alpha value is -1.44. The average molecular weight is 191 g/mol. The number of anilines is 1. The first kappa shape index (κ1) is 10.6. The van der Waals surface area contributed by atoms with Gasteiger partial charge < -0.3 is 10.1 Å². The van der Waals surface area contributed by atoms with E-state index in [9.17, 15) is 0 Å². The van der Waals surface area contributed by atoms with Crippen molar-refractivity contribution in [3.8, 4) is 5.75 Å². The number of ether oxygens (including phenoxy) is 1. The largest absolute Gasteiger partial charge is 0.492 e. The summed E-state index contributed by atoms with van der Waals surface area (Å²) < 4.78 is 5.47. The predicted octanol–water partition coefficient (Wildman–Crippen LogP) is 3.16. The molecule has 0 amide bonds. The third kappa shape index (κ3) is 2.28. The molecule has 0 aliphatic heterocycles. The minimum atomic E-state index is 0.682. The minimum Gasteiger partial charge on any atom is -0.492 e. The number of hydrogen-bond donors (Lipinski definition) is 1. The lowest BCUT2D eigenvalue weighted by Gasteiger charge is -2.11. The maximum Gasteiger partial charge on any atom is 0.142 e. The first-order valence-electron chi connectivity index (χ1n) is 4.79. The van der Waals surface area contributed by atoms with E-state index < -0.39 is 0 Å². The number of benzene rings is 1. The van der Waals surface area contributed by atoms with E-state index >= 15 is 0 Å². The van der Waals surface area contributed by atoms with E-state index in [0.29, 0.717) is 6.61 Å². The smallest absolute Gasteiger partial charge is 0.142 e. The van der Waals surface area contributed by atoms with Crippen LogP contribution >= 0.6 is 0 Å². The summed E-state index contributed by atoms with van der Waals surface area (Å²) in [6.45, 7) is 8.56. The van der Waals surface area contributed by atoms with Crippen LogP contribution in [0.3, 0.4) is 0 Å². The highest BCUT2D eigenvalue weighted by atomic mass is 16.5. The van der Waals surface area contributed by atoms with Gasteiger partial charge in [-0.05, 0) is 31.5 Å². The summed E-state index contributed by atoms with van der Waals surface area (Å²) in [4.78, 5) is 0. The molecule has 76 valence electrons. The molecular formula is C12H17NO. The molecule has 0 saturated carbocycles. The van der Waals surface area contributed by atoms with Gasteiger partial charge in [-0.3, -0.25) is 0 Å². The second-order valence-corrected chi connectivity index (χ2v) is 3.17. The number of nitrogens with one attached hydrogen (secondary N) is 1. The third-order valence-corrected chi connectivity index (χ3v) is 2.04. The van der Waals surface area contributed by atoms with E-state index in [1.54, 1.807) is 0 Å². The van der Waals surface area contributed by atoms with Crippen LogP contribution in [0.15, 0.2) is 24.8 Å². The Morgan fingerprint density at radius 1 is 1.50 bits per heavy atom. The van der Waals surface area contributed by atoms with Crippen molar-refractivity contribution in [1.82, 2.24) is 0 Å². The first-order valence-corrected chi connectivity index (χ1v) is 4.79. The van der Waals surface area contributed by atoms with Gasteiger partial charge in [0.05, 0.1) is 12.3 Å². The molecule has 14 heavy (non-hydrogen) atoms. The van der Waals surface area contributed by atoms with Crippen molar-refractivity contribution in [2.24, 2.45) is 0 Å². The fraction of sp³-hybridized carbons (Fsp3) is 0.333. The molecule has 0 radical (unpaired) electrons. The normalized spacial score (nSPS) is 9.64. The summed E-state index contributed by atoms with van der Waals surface area (Å²) in [5.41, 5.74) is 3.20. The Morgan fingerprint density at radius 3 is 2.71 bits per heavy atom. The number of allylic oxidation sites excluding steroid dienone is 1. The van der Waals surface area contributed by atoms with Crippen molar-refractivity contribution in [2.45, 2.75) is 13.8 Å². The second kappa shape index (κ2) is 4.70. The van der Waals surface area contributed by atoms with Crippen LogP contribution in [0, 0.1) is 0 Å². The fourth-order valence-electron chi connectivity index (χ4n) is 1.27. The van der Waals surface area contributed by atoms with Crippen molar-refractivity contribution in [1.29, 1.82) is 0 Å². The summed E-state index contributed by atoms with van der Waals surface area (Å²) in [7, 11) is 1.89. The monoisotopic (exact) mass is 191 g/mol. The first-order chi connectivity index (χ1) is 6.69. The van der Waals surface area contributed by atoms with Gasteiger partial charge in [-0.1, -0.05) is 18.2 Å². The zero-order valence-electron chi connectivity index (χ0n) is 9.05. The predicted molar refractivity (Wildman–Crippen MR) is 61.9 cm³/mol. The molecule has 1 aromatic carbocycles. The highest BCUT2D eigenvalue weighted by molar-refractivity contribution is 5.69. The molecule has 0 aromatic heterocycles. The summed E-state index contributed by atoms with van der Waals surface area (Å²) in [6, 6.07) is 6.04. The standard InChI is InChI=1S/C12H17NO/c1-5-14-12-7-6-10(9(2)3)8-11(12)13-4/h6-8,13H,2,5H2,1,3-4H3. The Balaban J connectivity index is 3.04. The zero-order chi connectivity index (χ0) is 10.6. The topological polar surface area (TPSA) is 21.3 Å². The SMILES string of the molecule is C=C(C)c1ccc(OCC)c(NC)c1. The molecule has 0 spiro atoms. The fourth-order valence-corrected chi connectivity index (χ4v) is 1.27. The Morgan fingerprint density at radius 2 is 2.21 bits per heavy atom. The van der Waals surface area contributed by atoms with Crippen molar-refractivity contribution >= 4 is 11.3 Å². The molecule has 0 fully saturated rings. The van der Waals surface area contributed by atoms with Crippen LogP contribution in [0.4, 0.5) is 5.69 Å². The van der Waals surface area contributed by atoms with Gasteiger partial charge in [-0.15, -0.1) is 0 Å². The summed E-state index contributed by atoms with van der Waals surface area (Å²) in [5.74, 6) is 0.889. The Bertz CT molecular complexity index is 331. The molecule has 0 unspecified atom stereocenters. The molecule has 1 N–H and O–H groups in total. The van der Waals surface area contributed by atoms with Crippen LogP contribution in [-0.4, -0.2) is 13.7 Å². The number of rotatable bonds is 4. The van der Waals surface area contributed by atoms with E-state index in [-0.39, 0.29) is 0 Å². The minimum absolute atomic E-state index is 0.682. The van der Waals surface area contributed by atoms with Gasteiger partial charge in [0, 0.05) is 7.05 Å². The van der Waals surface area contributed by atoms with E-state index in [2.05, 4.69) is 11.9 Å². The van der Waals surface area contributed by atoms with Gasteiger partial charge >= 0.3 is 0 Å². The van der Waals surface area contributed by atoms with Crippen LogP contribution in [0.1, 0.15) is 19.4 Å². The van der Waals surface area contributed by atoms with E-state index in [1.165, 1.54) is 0 Å².